The van der Waals surface area contributed by atoms with Crippen LogP contribution in [0.25, 0.3) is 10.8 Å². The Hall–Kier alpha value is -1.92. The molecule has 3 rings (SSSR count). The fourth-order valence-corrected chi connectivity index (χ4v) is 3.17. The van der Waals surface area contributed by atoms with Gasteiger partial charge in [-0.3, -0.25) is 4.99 Å². The number of nitrogens with zero attached hydrogens (tertiary/aromatic N) is 1. The van der Waals surface area contributed by atoms with E-state index in [1.165, 1.54) is 0 Å². The van der Waals surface area contributed by atoms with Gasteiger partial charge < -0.3 is 5.32 Å². The van der Waals surface area contributed by atoms with Gasteiger partial charge in [-0.2, -0.15) is 0 Å². The van der Waals surface area contributed by atoms with Crippen molar-refractivity contribution >= 4 is 26.6 Å². The van der Waals surface area contributed by atoms with Crippen molar-refractivity contribution in [2.45, 2.75) is 4.90 Å². The number of rotatable bonds is 4. The first kappa shape index (κ1) is 13.1. The normalized spacial score (nSPS) is 15.1. The molecule has 0 bridgehead atoms. The van der Waals surface area contributed by atoms with Crippen molar-refractivity contribution in [3.63, 3.8) is 0 Å². The van der Waals surface area contributed by atoms with Crippen molar-refractivity contribution in [3.8, 4) is 0 Å². The topological polar surface area (TPSA) is 70.6 Å². The molecule has 0 radical (unpaired) electrons. The zero-order chi connectivity index (χ0) is 14.0. The second-order valence-corrected chi connectivity index (χ2v) is 6.36. The lowest BCUT2D eigenvalue weighted by Gasteiger charge is -2.08. The first-order valence-corrected chi connectivity index (χ1v) is 7.89. The van der Waals surface area contributed by atoms with E-state index in [0.717, 1.165) is 17.3 Å². The largest absolute Gasteiger partial charge is 0.371 e. The highest BCUT2D eigenvalue weighted by atomic mass is 32.2. The van der Waals surface area contributed by atoms with Gasteiger partial charge in [0.05, 0.1) is 18.0 Å². The maximum atomic E-state index is 12.2. The van der Waals surface area contributed by atoms with Gasteiger partial charge in [-0.1, -0.05) is 30.3 Å². The van der Waals surface area contributed by atoms with Gasteiger partial charge in [-0.25, -0.2) is 13.1 Å². The smallest absolute Gasteiger partial charge is 0.240 e. The Balaban J connectivity index is 1.84. The molecule has 20 heavy (non-hydrogen) atoms. The first-order chi connectivity index (χ1) is 9.65. The van der Waals surface area contributed by atoms with Gasteiger partial charge in [-0.05, 0) is 22.9 Å². The maximum Gasteiger partial charge on any atom is 0.240 e. The van der Waals surface area contributed by atoms with E-state index in [1.807, 2.05) is 30.3 Å². The van der Waals surface area contributed by atoms with E-state index in [0.29, 0.717) is 12.4 Å². The molecule has 0 fully saturated rings. The highest BCUT2D eigenvalue weighted by molar-refractivity contribution is 7.89. The number of nitrogens with one attached hydrogen (secondary N) is 2. The highest BCUT2D eigenvalue weighted by Gasteiger charge is 2.16. The van der Waals surface area contributed by atoms with E-state index >= 15 is 0 Å². The molecule has 0 aliphatic carbocycles. The first-order valence-electron chi connectivity index (χ1n) is 6.41. The van der Waals surface area contributed by atoms with E-state index < -0.39 is 10.0 Å². The summed E-state index contributed by atoms with van der Waals surface area (Å²) in [5.74, 6) is 0.689. The molecular weight excluding hydrogens is 274 g/mol. The van der Waals surface area contributed by atoms with E-state index in [2.05, 4.69) is 15.0 Å². The van der Waals surface area contributed by atoms with Gasteiger partial charge in [-0.15, -0.1) is 0 Å². The number of sulfonamides is 1. The molecule has 0 spiro atoms. The lowest BCUT2D eigenvalue weighted by atomic mass is 10.1. The molecule has 1 heterocycles. The van der Waals surface area contributed by atoms with Crippen LogP contribution in [-0.2, 0) is 10.0 Å². The molecule has 5 nitrogen and oxygen atoms in total. The van der Waals surface area contributed by atoms with Crippen molar-refractivity contribution in [3.05, 3.63) is 42.5 Å². The number of hydrogen-bond acceptors (Lipinski definition) is 4. The minimum Gasteiger partial charge on any atom is -0.371 e. The SMILES string of the molecule is O=S(=O)(NCC1=NCCN1)c1ccc2ccccc2c1. The quantitative estimate of drug-likeness (QED) is 0.886. The molecular formula is C14H15N3O2S. The van der Waals surface area contributed by atoms with Crippen molar-refractivity contribution in [1.82, 2.24) is 10.0 Å². The fraction of sp³-hybridized carbons (Fsp3) is 0.214. The third-order valence-electron chi connectivity index (χ3n) is 3.20. The molecule has 1 aliphatic rings. The number of aliphatic imine (C=N–C) groups is 1. The van der Waals surface area contributed by atoms with Gasteiger partial charge in [0.1, 0.15) is 5.84 Å². The summed E-state index contributed by atoms with van der Waals surface area (Å²) < 4.78 is 27.0. The van der Waals surface area contributed by atoms with E-state index in [9.17, 15) is 8.42 Å². The molecule has 2 aromatic rings. The predicted molar refractivity (Wildman–Crippen MR) is 79.4 cm³/mol. The summed E-state index contributed by atoms with van der Waals surface area (Å²) in [5, 5.41) is 4.96. The van der Waals surface area contributed by atoms with Crippen molar-refractivity contribution in [2.24, 2.45) is 4.99 Å². The highest BCUT2D eigenvalue weighted by Crippen LogP contribution is 2.18. The lowest BCUT2D eigenvalue weighted by molar-refractivity contribution is 0.586. The van der Waals surface area contributed by atoms with Gasteiger partial charge >= 0.3 is 0 Å². The van der Waals surface area contributed by atoms with Crippen LogP contribution in [0.4, 0.5) is 0 Å². The van der Waals surface area contributed by atoms with Crippen LogP contribution in [0.2, 0.25) is 0 Å². The van der Waals surface area contributed by atoms with E-state index in [-0.39, 0.29) is 11.4 Å². The van der Waals surface area contributed by atoms with Crippen LogP contribution in [0.3, 0.4) is 0 Å². The molecule has 0 unspecified atom stereocenters. The Morgan fingerprint density at radius 1 is 1.15 bits per heavy atom. The molecule has 1 aliphatic heterocycles. The molecule has 6 heteroatoms. The Morgan fingerprint density at radius 3 is 2.70 bits per heavy atom. The van der Waals surface area contributed by atoms with E-state index in [4.69, 9.17) is 0 Å². The Morgan fingerprint density at radius 2 is 1.95 bits per heavy atom. The van der Waals surface area contributed by atoms with Crippen molar-refractivity contribution < 1.29 is 8.42 Å². The van der Waals surface area contributed by atoms with Gasteiger partial charge in [0.25, 0.3) is 0 Å². The average Bonchev–Trinajstić information content (AvgIpc) is 2.98. The average molecular weight is 289 g/mol. The van der Waals surface area contributed by atoms with Crippen LogP contribution in [0.15, 0.2) is 52.4 Å². The van der Waals surface area contributed by atoms with Gasteiger partial charge in [0, 0.05) is 6.54 Å². The second-order valence-electron chi connectivity index (χ2n) is 4.59. The van der Waals surface area contributed by atoms with Crippen LogP contribution in [-0.4, -0.2) is 33.9 Å². The zero-order valence-corrected chi connectivity index (χ0v) is 11.7. The van der Waals surface area contributed by atoms with Crippen LogP contribution in [0, 0.1) is 0 Å². The van der Waals surface area contributed by atoms with Crippen LogP contribution in [0.1, 0.15) is 0 Å². The summed E-state index contributed by atoms with van der Waals surface area (Å²) in [4.78, 5) is 4.43. The maximum absolute atomic E-state index is 12.2. The third kappa shape index (κ3) is 2.66. The molecule has 2 aromatic carbocycles. The summed E-state index contributed by atoms with van der Waals surface area (Å²) in [5.41, 5.74) is 0. The molecule has 2 N–H and O–H groups in total. The van der Waals surface area contributed by atoms with E-state index in [1.54, 1.807) is 12.1 Å². The molecule has 0 aromatic heterocycles. The minimum absolute atomic E-state index is 0.204. The minimum atomic E-state index is -3.51. The summed E-state index contributed by atoms with van der Waals surface area (Å²) in [7, 11) is -3.51. The number of hydrogen-bond donors (Lipinski definition) is 2. The Kier molecular flexibility index (Phi) is 3.42. The molecule has 0 saturated heterocycles. The summed E-state index contributed by atoms with van der Waals surface area (Å²) in [6, 6.07) is 12.8. The summed E-state index contributed by atoms with van der Waals surface area (Å²) in [6.07, 6.45) is 0. The second kappa shape index (κ2) is 5.22. The van der Waals surface area contributed by atoms with Crippen molar-refractivity contribution in [2.75, 3.05) is 19.6 Å². The standard InChI is InChI=1S/C14H15N3O2S/c18-20(19,17-10-14-15-7-8-16-14)13-6-5-11-3-1-2-4-12(11)9-13/h1-6,9,17H,7-8,10H2,(H,15,16). The number of amidine groups is 1. The van der Waals surface area contributed by atoms with Crippen LogP contribution >= 0.6 is 0 Å². The lowest BCUT2D eigenvalue weighted by Crippen LogP contribution is -2.34. The van der Waals surface area contributed by atoms with Gasteiger partial charge in [0.15, 0.2) is 0 Å². The van der Waals surface area contributed by atoms with Crippen LogP contribution < -0.4 is 10.0 Å². The number of fused-ring (bicyclic) bond motifs is 1. The molecule has 0 saturated carbocycles. The third-order valence-corrected chi connectivity index (χ3v) is 4.60. The number of benzene rings is 2. The summed E-state index contributed by atoms with van der Waals surface area (Å²) >= 11 is 0. The monoisotopic (exact) mass is 289 g/mol. The molecule has 104 valence electrons. The Labute approximate surface area is 117 Å². The zero-order valence-electron chi connectivity index (χ0n) is 10.8. The van der Waals surface area contributed by atoms with Gasteiger partial charge in [0.2, 0.25) is 10.0 Å². The fourth-order valence-electron chi connectivity index (χ4n) is 2.15. The predicted octanol–water partition coefficient (Wildman–Crippen LogP) is 1.12. The molecule has 0 amide bonds. The summed E-state index contributed by atoms with van der Waals surface area (Å²) in [6.45, 7) is 1.68. The Bertz CT molecular complexity index is 769. The molecule has 0 atom stereocenters. The van der Waals surface area contributed by atoms with Crippen molar-refractivity contribution in [1.29, 1.82) is 0 Å². The van der Waals surface area contributed by atoms with Crippen LogP contribution in [0.5, 0.6) is 0 Å².